The van der Waals surface area contributed by atoms with Crippen LogP contribution in [0.5, 0.6) is 0 Å². The van der Waals surface area contributed by atoms with Crippen LogP contribution in [0.15, 0.2) is 12.4 Å². The molecule has 2 aliphatic rings. The molecular formula is C15H27N5. The van der Waals surface area contributed by atoms with Gasteiger partial charge >= 0.3 is 0 Å². The van der Waals surface area contributed by atoms with Gasteiger partial charge in [0, 0.05) is 23.8 Å². The normalized spacial score (nSPS) is 24.3. The monoisotopic (exact) mass is 277 g/mol. The molecule has 0 bridgehead atoms. The largest absolute Gasteiger partial charge is 0.296 e. The van der Waals surface area contributed by atoms with E-state index in [1.54, 1.807) is 0 Å². The predicted octanol–water partition coefficient (Wildman–Crippen LogP) is 1.82. The summed E-state index contributed by atoms with van der Waals surface area (Å²) in [5.74, 6) is 5.97. The van der Waals surface area contributed by atoms with Gasteiger partial charge in [0.05, 0.1) is 12.2 Å². The molecule has 1 aromatic heterocycles. The van der Waals surface area contributed by atoms with Crippen molar-refractivity contribution in [2.45, 2.75) is 63.6 Å². The zero-order chi connectivity index (χ0) is 14.0. The Labute approximate surface area is 121 Å². The Morgan fingerprint density at radius 1 is 1.30 bits per heavy atom. The van der Waals surface area contributed by atoms with Crippen LogP contribution < -0.4 is 11.3 Å². The molecule has 2 heterocycles. The summed E-state index contributed by atoms with van der Waals surface area (Å²) >= 11 is 0. The van der Waals surface area contributed by atoms with Gasteiger partial charge in [-0.2, -0.15) is 5.10 Å². The smallest absolute Gasteiger partial charge is 0.0674 e. The third-order valence-corrected chi connectivity index (χ3v) is 5.22. The molecule has 5 heteroatoms. The molecule has 0 aromatic carbocycles. The van der Waals surface area contributed by atoms with Gasteiger partial charge in [0.1, 0.15) is 0 Å². The van der Waals surface area contributed by atoms with Crippen molar-refractivity contribution < 1.29 is 0 Å². The molecule has 112 valence electrons. The van der Waals surface area contributed by atoms with Crippen LogP contribution in [0.25, 0.3) is 0 Å². The Balaban J connectivity index is 1.91. The fourth-order valence-electron chi connectivity index (χ4n) is 4.20. The van der Waals surface area contributed by atoms with Crippen LogP contribution in [0.4, 0.5) is 0 Å². The summed E-state index contributed by atoms with van der Waals surface area (Å²) in [6, 6.07) is 0.198. The van der Waals surface area contributed by atoms with Gasteiger partial charge in [0.2, 0.25) is 0 Å². The molecule has 3 N–H and O–H groups in total. The van der Waals surface area contributed by atoms with Gasteiger partial charge in [-0.05, 0) is 45.7 Å². The van der Waals surface area contributed by atoms with Crippen molar-refractivity contribution >= 4 is 0 Å². The maximum absolute atomic E-state index is 5.97. The van der Waals surface area contributed by atoms with E-state index in [-0.39, 0.29) is 11.6 Å². The third kappa shape index (κ3) is 2.28. The molecule has 5 nitrogen and oxygen atoms in total. The van der Waals surface area contributed by atoms with Gasteiger partial charge < -0.3 is 0 Å². The highest BCUT2D eigenvalue weighted by Crippen LogP contribution is 2.45. The van der Waals surface area contributed by atoms with E-state index in [1.165, 1.54) is 57.2 Å². The van der Waals surface area contributed by atoms with Gasteiger partial charge in [-0.3, -0.25) is 20.9 Å². The lowest BCUT2D eigenvalue weighted by Crippen LogP contribution is -2.55. The Kier molecular flexibility index (Phi) is 4.10. The van der Waals surface area contributed by atoms with E-state index in [9.17, 15) is 0 Å². The summed E-state index contributed by atoms with van der Waals surface area (Å²) in [5, 5.41) is 4.44. The molecule has 1 saturated heterocycles. The van der Waals surface area contributed by atoms with Crippen molar-refractivity contribution in [1.29, 1.82) is 0 Å². The number of hydrazine groups is 1. The van der Waals surface area contributed by atoms with Crippen LogP contribution in [0.1, 0.15) is 57.1 Å². The van der Waals surface area contributed by atoms with Crippen molar-refractivity contribution in [1.82, 2.24) is 20.1 Å². The van der Waals surface area contributed by atoms with Gasteiger partial charge in [0.25, 0.3) is 0 Å². The van der Waals surface area contributed by atoms with Crippen LogP contribution >= 0.6 is 0 Å². The minimum atomic E-state index is 0.198. The Hall–Kier alpha value is -0.910. The Morgan fingerprint density at radius 3 is 2.55 bits per heavy atom. The molecule has 2 fully saturated rings. The lowest BCUT2D eigenvalue weighted by atomic mass is 9.83. The minimum absolute atomic E-state index is 0.198. The molecule has 1 aliphatic carbocycles. The van der Waals surface area contributed by atoms with Gasteiger partial charge in [-0.25, -0.2) is 0 Å². The number of aryl methyl sites for hydroxylation is 1. The first-order valence-corrected chi connectivity index (χ1v) is 8.03. The van der Waals surface area contributed by atoms with Crippen LogP contribution in [-0.4, -0.2) is 33.3 Å². The second-order valence-electron chi connectivity index (χ2n) is 6.23. The van der Waals surface area contributed by atoms with Gasteiger partial charge in [-0.1, -0.05) is 12.8 Å². The average molecular weight is 277 g/mol. The molecule has 0 amide bonds. The number of rotatable bonds is 5. The molecular weight excluding hydrogens is 250 g/mol. The Morgan fingerprint density at radius 2 is 2.00 bits per heavy atom. The van der Waals surface area contributed by atoms with E-state index in [4.69, 9.17) is 5.84 Å². The molecule has 1 unspecified atom stereocenters. The fraction of sp³-hybridized carbons (Fsp3) is 0.800. The zero-order valence-corrected chi connectivity index (χ0v) is 12.5. The number of nitrogens with one attached hydrogen (secondary N) is 1. The second kappa shape index (κ2) is 5.84. The van der Waals surface area contributed by atoms with E-state index in [2.05, 4.69) is 28.5 Å². The van der Waals surface area contributed by atoms with E-state index in [0.717, 1.165) is 6.54 Å². The molecule has 3 rings (SSSR count). The first-order valence-electron chi connectivity index (χ1n) is 8.03. The van der Waals surface area contributed by atoms with Gasteiger partial charge in [-0.15, -0.1) is 0 Å². The van der Waals surface area contributed by atoms with Crippen molar-refractivity contribution in [3.05, 3.63) is 18.0 Å². The van der Waals surface area contributed by atoms with Crippen LogP contribution in [-0.2, 0) is 6.54 Å². The SMILES string of the molecule is CCn1cc(C(NN)C2(N3CCCC3)CCCC2)cn1. The van der Waals surface area contributed by atoms with Crippen molar-refractivity contribution in [3.8, 4) is 0 Å². The number of likely N-dealkylation sites (tertiary alicyclic amines) is 1. The van der Waals surface area contributed by atoms with Crippen LogP contribution in [0.2, 0.25) is 0 Å². The number of nitrogens with zero attached hydrogens (tertiary/aromatic N) is 3. The topological polar surface area (TPSA) is 59.1 Å². The molecule has 1 aromatic rings. The summed E-state index contributed by atoms with van der Waals surface area (Å²) in [4.78, 5) is 2.69. The molecule has 1 saturated carbocycles. The average Bonchev–Trinajstić information content (AvgIpc) is 3.21. The number of hydrogen-bond acceptors (Lipinski definition) is 4. The quantitative estimate of drug-likeness (QED) is 0.636. The van der Waals surface area contributed by atoms with Gasteiger partial charge in [0.15, 0.2) is 0 Å². The number of hydrogen-bond donors (Lipinski definition) is 2. The molecule has 1 aliphatic heterocycles. The summed E-state index contributed by atoms with van der Waals surface area (Å²) in [7, 11) is 0. The van der Waals surface area contributed by atoms with Crippen molar-refractivity contribution in [3.63, 3.8) is 0 Å². The molecule has 1 atom stereocenters. The number of nitrogens with two attached hydrogens (primary N) is 1. The third-order valence-electron chi connectivity index (χ3n) is 5.22. The second-order valence-corrected chi connectivity index (χ2v) is 6.23. The first-order chi connectivity index (χ1) is 9.80. The summed E-state index contributed by atoms with van der Waals surface area (Å²) in [5.41, 5.74) is 4.56. The van der Waals surface area contributed by atoms with E-state index in [0.29, 0.717) is 0 Å². The van der Waals surface area contributed by atoms with Crippen LogP contribution in [0, 0.1) is 0 Å². The summed E-state index contributed by atoms with van der Waals surface area (Å²) in [6.45, 7) is 5.47. The number of aromatic nitrogens is 2. The lowest BCUT2D eigenvalue weighted by Gasteiger charge is -2.44. The maximum atomic E-state index is 5.97. The molecule has 0 spiro atoms. The Bertz CT molecular complexity index is 429. The highest BCUT2D eigenvalue weighted by Gasteiger charge is 2.47. The predicted molar refractivity (Wildman–Crippen MR) is 80.0 cm³/mol. The summed E-state index contributed by atoms with van der Waals surface area (Å²) in [6.07, 6.45) is 11.9. The zero-order valence-electron chi connectivity index (χ0n) is 12.5. The molecule has 0 radical (unpaired) electrons. The molecule has 20 heavy (non-hydrogen) atoms. The van der Waals surface area contributed by atoms with Crippen molar-refractivity contribution in [2.75, 3.05) is 13.1 Å². The maximum Gasteiger partial charge on any atom is 0.0674 e. The highest BCUT2D eigenvalue weighted by atomic mass is 15.3. The minimum Gasteiger partial charge on any atom is -0.296 e. The fourth-order valence-corrected chi connectivity index (χ4v) is 4.20. The standard InChI is InChI=1S/C15H27N5/c1-2-20-12-13(11-17-20)14(18-16)15(7-3-4-8-15)19-9-5-6-10-19/h11-12,14,18H,2-10,16H2,1H3. The lowest BCUT2D eigenvalue weighted by molar-refractivity contribution is 0.0764. The van der Waals surface area contributed by atoms with Crippen molar-refractivity contribution in [2.24, 2.45) is 5.84 Å². The van der Waals surface area contributed by atoms with E-state index in [1.807, 2.05) is 10.9 Å². The highest BCUT2D eigenvalue weighted by molar-refractivity contribution is 5.19. The van der Waals surface area contributed by atoms with Crippen LogP contribution in [0.3, 0.4) is 0 Å². The van der Waals surface area contributed by atoms with E-state index < -0.39 is 0 Å². The van der Waals surface area contributed by atoms with E-state index >= 15 is 0 Å². The summed E-state index contributed by atoms with van der Waals surface area (Å²) < 4.78 is 1.99. The first kappa shape index (κ1) is 14.0.